The van der Waals surface area contributed by atoms with Gasteiger partial charge in [-0.2, -0.15) is 0 Å². The van der Waals surface area contributed by atoms with Crippen LogP contribution in [0, 0.1) is 5.92 Å². The molecular formula is C19H25NO3. The van der Waals surface area contributed by atoms with Gasteiger partial charge in [-0.25, -0.2) is 0 Å². The molecule has 2 heterocycles. The highest BCUT2D eigenvalue weighted by atomic mass is 16.5. The summed E-state index contributed by atoms with van der Waals surface area (Å²) in [6, 6.07) is 4.26. The summed E-state index contributed by atoms with van der Waals surface area (Å²) in [4.78, 5) is 14.9. The van der Waals surface area contributed by atoms with Gasteiger partial charge in [0, 0.05) is 25.9 Å². The Morgan fingerprint density at radius 2 is 1.83 bits per heavy atom. The number of benzene rings is 1. The van der Waals surface area contributed by atoms with Gasteiger partial charge in [-0.15, -0.1) is 0 Å². The number of ether oxygens (including phenoxy) is 2. The van der Waals surface area contributed by atoms with Gasteiger partial charge in [-0.3, -0.25) is 9.69 Å². The van der Waals surface area contributed by atoms with Crippen molar-refractivity contribution in [2.24, 2.45) is 5.92 Å². The highest BCUT2D eigenvalue weighted by molar-refractivity contribution is 5.81. The molecule has 1 saturated carbocycles. The van der Waals surface area contributed by atoms with Crippen LogP contribution in [0.15, 0.2) is 12.1 Å². The van der Waals surface area contributed by atoms with Gasteiger partial charge < -0.3 is 9.47 Å². The molecule has 1 aromatic carbocycles. The lowest BCUT2D eigenvalue weighted by Gasteiger charge is -2.51. The molecule has 0 amide bonds. The highest BCUT2D eigenvalue weighted by Crippen LogP contribution is 2.51. The first-order chi connectivity index (χ1) is 11.2. The highest BCUT2D eigenvalue weighted by Gasteiger charge is 2.49. The van der Waals surface area contributed by atoms with Crippen LogP contribution in [0.1, 0.15) is 43.2 Å². The lowest BCUT2D eigenvalue weighted by Crippen LogP contribution is -2.55. The van der Waals surface area contributed by atoms with Crippen molar-refractivity contribution >= 4 is 5.78 Å². The molecule has 0 radical (unpaired) electrons. The van der Waals surface area contributed by atoms with Crippen molar-refractivity contribution in [1.29, 1.82) is 0 Å². The standard InChI is InChI=1S/C19H25NO3/c1-22-17-9-14-5-7-20-8-6-15(21)12-19(20,11-13-3-4-13)16(14)10-18(17)23-2/h9-10,13H,3-8,11-12H2,1-2H3. The van der Waals surface area contributed by atoms with Crippen molar-refractivity contribution in [1.82, 2.24) is 4.90 Å². The molecule has 2 aliphatic heterocycles. The maximum atomic E-state index is 12.3. The van der Waals surface area contributed by atoms with E-state index in [0.29, 0.717) is 18.6 Å². The Bertz CT molecular complexity index is 638. The number of rotatable bonds is 4. The fraction of sp³-hybridized carbons (Fsp3) is 0.632. The molecule has 1 saturated heterocycles. The van der Waals surface area contributed by atoms with E-state index in [1.54, 1.807) is 14.2 Å². The van der Waals surface area contributed by atoms with E-state index in [0.717, 1.165) is 43.3 Å². The van der Waals surface area contributed by atoms with Gasteiger partial charge >= 0.3 is 0 Å². The molecule has 0 aromatic heterocycles. The topological polar surface area (TPSA) is 38.8 Å². The van der Waals surface area contributed by atoms with Crippen molar-refractivity contribution in [2.75, 3.05) is 27.3 Å². The third kappa shape index (κ3) is 2.44. The third-order valence-electron chi connectivity index (χ3n) is 5.84. The molecule has 4 rings (SSSR count). The van der Waals surface area contributed by atoms with Crippen molar-refractivity contribution in [2.45, 2.75) is 44.1 Å². The number of hydrogen-bond donors (Lipinski definition) is 0. The zero-order valence-corrected chi connectivity index (χ0v) is 14.1. The molecule has 0 bridgehead atoms. The molecule has 0 spiro atoms. The van der Waals surface area contributed by atoms with Crippen LogP contribution in [-0.4, -0.2) is 38.0 Å². The van der Waals surface area contributed by atoms with Gasteiger partial charge in [0.15, 0.2) is 11.5 Å². The van der Waals surface area contributed by atoms with E-state index < -0.39 is 0 Å². The largest absolute Gasteiger partial charge is 0.493 e. The minimum absolute atomic E-state index is 0.108. The molecule has 2 fully saturated rings. The van der Waals surface area contributed by atoms with Crippen LogP contribution in [0.4, 0.5) is 0 Å². The van der Waals surface area contributed by atoms with Crippen molar-refractivity contribution in [3.05, 3.63) is 23.3 Å². The second kappa shape index (κ2) is 5.52. The number of ketones is 1. The summed E-state index contributed by atoms with van der Waals surface area (Å²) >= 11 is 0. The molecule has 1 aliphatic carbocycles. The van der Waals surface area contributed by atoms with E-state index in [9.17, 15) is 4.79 Å². The fourth-order valence-electron chi connectivity index (χ4n) is 4.52. The maximum absolute atomic E-state index is 12.3. The first-order valence-electron chi connectivity index (χ1n) is 8.68. The van der Waals surface area contributed by atoms with E-state index in [2.05, 4.69) is 17.0 Å². The zero-order chi connectivity index (χ0) is 16.0. The number of carbonyl (C=O) groups is 1. The van der Waals surface area contributed by atoms with Crippen LogP contribution < -0.4 is 9.47 Å². The van der Waals surface area contributed by atoms with Gasteiger partial charge in [-0.1, -0.05) is 12.8 Å². The molecule has 4 heteroatoms. The number of hydrogen-bond acceptors (Lipinski definition) is 4. The van der Waals surface area contributed by atoms with Crippen LogP contribution >= 0.6 is 0 Å². The van der Waals surface area contributed by atoms with E-state index in [4.69, 9.17) is 9.47 Å². The van der Waals surface area contributed by atoms with Gasteiger partial charge in [0.25, 0.3) is 0 Å². The van der Waals surface area contributed by atoms with Gasteiger partial charge in [-0.05, 0) is 42.0 Å². The fourth-order valence-corrected chi connectivity index (χ4v) is 4.52. The van der Waals surface area contributed by atoms with Crippen LogP contribution in [0.5, 0.6) is 11.5 Å². The minimum Gasteiger partial charge on any atom is -0.493 e. The maximum Gasteiger partial charge on any atom is 0.161 e. The van der Waals surface area contributed by atoms with Crippen LogP contribution in [-0.2, 0) is 16.8 Å². The molecule has 4 nitrogen and oxygen atoms in total. The molecular weight excluding hydrogens is 290 g/mol. The lowest BCUT2D eigenvalue weighted by atomic mass is 9.71. The average molecular weight is 315 g/mol. The summed E-state index contributed by atoms with van der Waals surface area (Å²) in [5, 5.41) is 0. The minimum atomic E-state index is -0.108. The number of carbonyl (C=O) groups excluding carboxylic acids is 1. The number of fused-ring (bicyclic) bond motifs is 3. The molecule has 0 N–H and O–H groups in total. The van der Waals surface area contributed by atoms with E-state index in [-0.39, 0.29) is 5.54 Å². The number of Topliss-reactive ketones (excluding diaryl/α,β-unsaturated/α-hetero) is 1. The smallest absolute Gasteiger partial charge is 0.161 e. The van der Waals surface area contributed by atoms with E-state index >= 15 is 0 Å². The Hall–Kier alpha value is -1.55. The molecule has 3 aliphatic rings. The summed E-state index contributed by atoms with van der Waals surface area (Å²) < 4.78 is 11.0. The molecule has 1 unspecified atom stereocenters. The quantitative estimate of drug-likeness (QED) is 0.856. The summed E-state index contributed by atoms with van der Waals surface area (Å²) in [7, 11) is 3.37. The number of methoxy groups -OCH3 is 2. The summed E-state index contributed by atoms with van der Waals surface area (Å²) in [6.07, 6.45) is 6.12. The van der Waals surface area contributed by atoms with Crippen molar-refractivity contribution < 1.29 is 14.3 Å². The normalized spacial score (nSPS) is 27.3. The van der Waals surface area contributed by atoms with Gasteiger partial charge in [0.2, 0.25) is 0 Å². The Kier molecular flexibility index (Phi) is 3.60. The van der Waals surface area contributed by atoms with Crippen LogP contribution in [0.2, 0.25) is 0 Å². The van der Waals surface area contributed by atoms with Crippen molar-refractivity contribution in [3.8, 4) is 11.5 Å². The summed E-state index contributed by atoms with van der Waals surface area (Å²) in [5.41, 5.74) is 2.53. The van der Waals surface area contributed by atoms with Gasteiger partial charge in [0.05, 0.1) is 19.8 Å². The van der Waals surface area contributed by atoms with Crippen LogP contribution in [0.3, 0.4) is 0 Å². The average Bonchev–Trinajstić information content (AvgIpc) is 3.37. The predicted molar refractivity (Wildman–Crippen MR) is 88.1 cm³/mol. The van der Waals surface area contributed by atoms with Crippen molar-refractivity contribution in [3.63, 3.8) is 0 Å². The molecule has 124 valence electrons. The van der Waals surface area contributed by atoms with E-state index in [1.807, 2.05) is 0 Å². The molecule has 23 heavy (non-hydrogen) atoms. The Morgan fingerprint density at radius 3 is 2.52 bits per heavy atom. The summed E-state index contributed by atoms with van der Waals surface area (Å²) in [6.45, 7) is 1.95. The zero-order valence-electron chi connectivity index (χ0n) is 14.1. The second-order valence-corrected chi connectivity index (χ2v) is 7.25. The monoisotopic (exact) mass is 315 g/mol. The molecule has 1 atom stereocenters. The van der Waals surface area contributed by atoms with E-state index in [1.165, 1.54) is 24.0 Å². The Morgan fingerprint density at radius 1 is 1.13 bits per heavy atom. The first-order valence-corrected chi connectivity index (χ1v) is 8.68. The SMILES string of the molecule is COc1cc2c(cc1OC)C1(CC3CC3)CC(=O)CCN1CC2. The first kappa shape index (κ1) is 15.0. The van der Waals surface area contributed by atoms with Crippen LogP contribution in [0.25, 0.3) is 0 Å². The third-order valence-corrected chi connectivity index (χ3v) is 5.84. The molecule has 1 aromatic rings. The Balaban J connectivity index is 1.84. The van der Waals surface area contributed by atoms with Gasteiger partial charge in [0.1, 0.15) is 5.78 Å². The number of piperidine rings is 1. The summed E-state index contributed by atoms with van der Waals surface area (Å²) in [5.74, 6) is 2.76. The Labute approximate surface area is 137 Å². The lowest BCUT2D eigenvalue weighted by molar-refractivity contribution is -0.128. The predicted octanol–water partition coefficient (Wildman–Crippen LogP) is 2.92. The number of nitrogens with zero attached hydrogens (tertiary/aromatic N) is 1. The second-order valence-electron chi connectivity index (χ2n) is 7.25.